The number of carboxylic acid groups (broad SMARTS) is 1. The topological polar surface area (TPSA) is 117 Å². The average Bonchev–Trinajstić information content (AvgIpc) is 2.42. The summed E-state index contributed by atoms with van der Waals surface area (Å²) in [5, 5.41) is 28.9. The van der Waals surface area contributed by atoms with Crippen molar-refractivity contribution in [2.24, 2.45) is 5.92 Å². The number of hydrogen-bond donors (Lipinski definition) is 2. The van der Waals surface area contributed by atoms with E-state index >= 15 is 0 Å². The van der Waals surface area contributed by atoms with E-state index in [0.29, 0.717) is 6.42 Å². The van der Waals surface area contributed by atoms with Crippen LogP contribution in [-0.4, -0.2) is 47.6 Å². The molecule has 0 saturated heterocycles. The summed E-state index contributed by atoms with van der Waals surface area (Å²) < 4.78 is 0. The number of carboxylic acids is 1. The lowest BCUT2D eigenvalue weighted by Gasteiger charge is -2.22. The number of nitrogens with one attached hydrogen (secondary N) is 1. The second-order valence-electron chi connectivity index (χ2n) is 5.10. The van der Waals surface area contributed by atoms with E-state index in [1.165, 1.54) is 4.90 Å². The number of carbonyl (C=O) groups excluding carboxylic acids is 1. The molecule has 1 amide bonds. The van der Waals surface area contributed by atoms with Gasteiger partial charge in [0.15, 0.2) is 0 Å². The van der Waals surface area contributed by atoms with Crippen LogP contribution in [0.2, 0.25) is 0 Å². The molecule has 0 spiro atoms. The van der Waals surface area contributed by atoms with Crippen molar-refractivity contribution in [2.45, 2.75) is 39.2 Å². The number of rotatable bonds is 10. The largest absolute Gasteiger partial charge is 0.480 e. The van der Waals surface area contributed by atoms with Gasteiger partial charge in [0.25, 0.3) is 0 Å². The lowest BCUT2D eigenvalue weighted by atomic mass is 10.0. The van der Waals surface area contributed by atoms with Gasteiger partial charge in [0.05, 0.1) is 31.5 Å². The Morgan fingerprint density at radius 2 is 1.71 bits per heavy atom. The van der Waals surface area contributed by atoms with E-state index in [-0.39, 0.29) is 44.3 Å². The summed E-state index contributed by atoms with van der Waals surface area (Å²) in [6.07, 6.45) is 0.802. The highest BCUT2D eigenvalue weighted by molar-refractivity contribution is 5.80. The van der Waals surface area contributed by atoms with Gasteiger partial charge in [0, 0.05) is 13.1 Å². The Labute approximate surface area is 125 Å². The number of carbonyl (C=O) groups is 2. The molecule has 0 aromatic carbocycles. The lowest BCUT2D eigenvalue weighted by Crippen LogP contribution is -2.45. The number of hydrogen-bond acceptors (Lipinski definition) is 5. The maximum absolute atomic E-state index is 12.0. The van der Waals surface area contributed by atoms with Crippen LogP contribution in [0, 0.1) is 28.6 Å². The summed E-state index contributed by atoms with van der Waals surface area (Å²) in [5.41, 5.74) is 0. The first-order chi connectivity index (χ1) is 9.92. The van der Waals surface area contributed by atoms with Crippen LogP contribution in [0.4, 0.5) is 0 Å². The summed E-state index contributed by atoms with van der Waals surface area (Å²) in [6, 6.07) is 3.12. The standard InChI is InChI=1S/C14H22N4O3/c1-11(2)9-12(14(20)21)17-10-13(19)18(7-3-5-15)8-4-6-16/h11-12,17H,3-4,7-10H2,1-2H3,(H,20,21). The Hall–Kier alpha value is -2.12. The second kappa shape index (κ2) is 10.6. The Kier molecular flexibility index (Phi) is 9.57. The van der Waals surface area contributed by atoms with Crippen molar-refractivity contribution in [1.29, 1.82) is 10.5 Å². The molecule has 7 heteroatoms. The van der Waals surface area contributed by atoms with Gasteiger partial charge in [-0.3, -0.25) is 14.9 Å². The first kappa shape index (κ1) is 18.9. The maximum Gasteiger partial charge on any atom is 0.320 e. The fraction of sp³-hybridized carbons (Fsp3) is 0.714. The van der Waals surface area contributed by atoms with E-state index in [2.05, 4.69) is 5.32 Å². The van der Waals surface area contributed by atoms with Crippen LogP contribution in [0.3, 0.4) is 0 Å². The van der Waals surface area contributed by atoms with E-state index in [1.807, 2.05) is 26.0 Å². The van der Waals surface area contributed by atoms with Crippen LogP contribution in [0.1, 0.15) is 33.1 Å². The van der Waals surface area contributed by atoms with Crippen LogP contribution in [0.5, 0.6) is 0 Å². The van der Waals surface area contributed by atoms with Gasteiger partial charge in [0.1, 0.15) is 6.04 Å². The van der Waals surface area contributed by atoms with Gasteiger partial charge in [-0.2, -0.15) is 10.5 Å². The Morgan fingerprint density at radius 1 is 1.19 bits per heavy atom. The third kappa shape index (κ3) is 8.61. The zero-order valence-electron chi connectivity index (χ0n) is 12.5. The van der Waals surface area contributed by atoms with Crippen molar-refractivity contribution in [3.63, 3.8) is 0 Å². The summed E-state index contributed by atoms with van der Waals surface area (Å²) in [6.45, 7) is 4.21. The monoisotopic (exact) mass is 294 g/mol. The first-order valence-electron chi connectivity index (χ1n) is 6.90. The average molecular weight is 294 g/mol. The van der Waals surface area contributed by atoms with Gasteiger partial charge in [-0.15, -0.1) is 0 Å². The van der Waals surface area contributed by atoms with Crippen molar-refractivity contribution in [3.8, 4) is 12.1 Å². The number of nitrogens with zero attached hydrogens (tertiary/aromatic N) is 3. The van der Waals surface area contributed by atoms with Crippen molar-refractivity contribution in [3.05, 3.63) is 0 Å². The van der Waals surface area contributed by atoms with E-state index in [4.69, 9.17) is 15.6 Å². The highest BCUT2D eigenvalue weighted by atomic mass is 16.4. The normalized spacial score (nSPS) is 11.5. The van der Waals surface area contributed by atoms with Gasteiger partial charge in [-0.05, 0) is 12.3 Å². The molecular formula is C14H22N4O3. The molecule has 0 fully saturated rings. The second-order valence-corrected chi connectivity index (χ2v) is 5.10. The van der Waals surface area contributed by atoms with Crippen molar-refractivity contribution in [1.82, 2.24) is 10.2 Å². The molecule has 0 aliphatic heterocycles. The molecule has 0 rings (SSSR count). The minimum atomic E-state index is -0.989. The van der Waals surface area contributed by atoms with E-state index in [9.17, 15) is 9.59 Å². The molecule has 0 radical (unpaired) electrons. The molecule has 0 heterocycles. The number of amides is 1. The van der Waals surface area contributed by atoms with Crippen molar-refractivity contribution >= 4 is 11.9 Å². The van der Waals surface area contributed by atoms with E-state index < -0.39 is 12.0 Å². The van der Waals surface area contributed by atoms with Gasteiger partial charge < -0.3 is 10.0 Å². The van der Waals surface area contributed by atoms with Crippen LogP contribution >= 0.6 is 0 Å². The molecule has 0 aromatic heterocycles. The zero-order valence-corrected chi connectivity index (χ0v) is 12.5. The SMILES string of the molecule is CC(C)CC(NCC(=O)N(CCC#N)CCC#N)C(=O)O. The van der Waals surface area contributed by atoms with E-state index in [0.717, 1.165) is 0 Å². The molecular weight excluding hydrogens is 272 g/mol. The minimum absolute atomic E-state index is 0.111. The first-order valence-corrected chi connectivity index (χ1v) is 6.90. The van der Waals surface area contributed by atoms with Crippen LogP contribution in [0.15, 0.2) is 0 Å². The van der Waals surface area contributed by atoms with Gasteiger partial charge in [-0.25, -0.2) is 0 Å². The Balaban J connectivity index is 4.48. The molecule has 0 aromatic rings. The van der Waals surface area contributed by atoms with Gasteiger partial charge >= 0.3 is 5.97 Å². The summed E-state index contributed by atoms with van der Waals surface area (Å²) in [4.78, 5) is 24.5. The molecule has 0 aliphatic carbocycles. The molecule has 7 nitrogen and oxygen atoms in total. The molecule has 1 atom stereocenters. The summed E-state index contributed by atoms with van der Waals surface area (Å²) >= 11 is 0. The molecule has 0 aliphatic rings. The third-order valence-corrected chi connectivity index (χ3v) is 2.84. The molecule has 1 unspecified atom stereocenters. The number of nitriles is 2. The molecule has 116 valence electrons. The molecule has 0 saturated carbocycles. The fourth-order valence-electron chi connectivity index (χ4n) is 1.80. The third-order valence-electron chi connectivity index (χ3n) is 2.84. The lowest BCUT2D eigenvalue weighted by molar-refractivity contribution is -0.140. The highest BCUT2D eigenvalue weighted by Gasteiger charge is 2.21. The quantitative estimate of drug-likeness (QED) is 0.613. The molecule has 21 heavy (non-hydrogen) atoms. The van der Waals surface area contributed by atoms with Gasteiger partial charge in [0.2, 0.25) is 5.91 Å². The summed E-state index contributed by atoms with van der Waals surface area (Å²) in [7, 11) is 0. The van der Waals surface area contributed by atoms with Crippen LogP contribution in [-0.2, 0) is 9.59 Å². The maximum atomic E-state index is 12.0. The highest BCUT2D eigenvalue weighted by Crippen LogP contribution is 2.05. The molecule has 2 N–H and O–H groups in total. The zero-order chi connectivity index (χ0) is 16.3. The van der Waals surface area contributed by atoms with Crippen LogP contribution in [0.25, 0.3) is 0 Å². The van der Waals surface area contributed by atoms with Gasteiger partial charge in [-0.1, -0.05) is 13.8 Å². The van der Waals surface area contributed by atoms with Crippen molar-refractivity contribution in [2.75, 3.05) is 19.6 Å². The smallest absolute Gasteiger partial charge is 0.320 e. The number of aliphatic carboxylic acids is 1. The van der Waals surface area contributed by atoms with Crippen molar-refractivity contribution < 1.29 is 14.7 Å². The molecule has 0 bridgehead atoms. The Bertz CT molecular complexity index is 405. The van der Waals surface area contributed by atoms with Crippen LogP contribution < -0.4 is 5.32 Å². The fourth-order valence-corrected chi connectivity index (χ4v) is 1.80. The predicted molar refractivity (Wildman–Crippen MR) is 75.9 cm³/mol. The Morgan fingerprint density at radius 3 is 2.10 bits per heavy atom. The van der Waals surface area contributed by atoms with E-state index in [1.54, 1.807) is 0 Å². The predicted octanol–water partition coefficient (Wildman–Crippen LogP) is 0.731. The minimum Gasteiger partial charge on any atom is -0.480 e. The summed E-state index contributed by atoms with van der Waals surface area (Å²) in [5.74, 6) is -1.09.